The van der Waals surface area contributed by atoms with Crippen LogP contribution in [0.4, 0.5) is 0 Å². The monoisotopic (exact) mass is 138 g/mol. The van der Waals surface area contributed by atoms with Crippen molar-refractivity contribution in [2.45, 2.75) is 32.6 Å². The predicted octanol–water partition coefficient (Wildman–Crippen LogP) is 2.32. The van der Waals surface area contributed by atoms with E-state index in [9.17, 15) is 4.79 Å². The van der Waals surface area contributed by atoms with Gasteiger partial charge in [-0.25, -0.2) is 0 Å². The average Bonchev–Trinajstić information content (AvgIpc) is 2.05. The zero-order valence-corrected chi connectivity index (χ0v) is 6.47. The second-order valence-electron chi connectivity index (χ2n) is 2.95. The van der Waals surface area contributed by atoms with Gasteiger partial charge in [0.1, 0.15) is 6.29 Å². The molecule has 0 aromatic heterocycles. The summed E-state index contributed by atoms with van der Waals surface area (Å²) in [4.78, 5) is 10.4. The van der Waals surface area contributed by atoms with Gasteiger partial charge in [-0.05, 0) is 25.7 Å². The molecule has 0 N–H and O–H groups in total. The smallest absolute Gasteiger partial charge is 0.126 e. The van der Waals surface area contributed by atoms with E-state index in [-0.39, 0.29) is 5.92 Å². The van der Waals surface area contributed by atoms with Crippen LogP contribution in [-0.4, -0.2) is 6.29 Å². The van der Waals surface area contributed by atoms with Crippen molar-refractivity contribution in [1.29, 1.82) is 0 Å². The molecule has 56 valence electrons. The van der Waals surface area contributed by atoms with E-state index in [1.165, 1.54) is 24.8 Å². The van der Waals surface area contributed by atoms with Crippen LogP contribution >= 0.6 is 0 Å². The predicted molar refractivity (Wildman–Crippen MR) is 41.8 cm³/mol. The van der Waals surface area contributed by atoms with E-state index in [0.717, 1.165) is 12.7 Å². The van der Waals surface area contributed by atoms with Gasteiger partial charge in [0.05, 0.1) is 0 Å². The van der Waals surface area contributed by atoms with Gasteiger partial charge in [0.25, 0.3) is 0 Å². The van der Waals surface area contributed by atoms with Gasteiger partial charge in [-0.15, -0.1) is 0 Å². The summed E-state index contributed by atoms with van der Waals surface area (Å²) in [7, 11) is 0. The first-order valence-corrected chi connectivity index (χ1v) is 3.99. The average molecular weight is 138 g/mol. The highest BCUT2D eigenvalue weighted by Crippen LogP contribution is 2.22. The van der Waals surface area contributed by atoms with Gasteiger partial charge in [-0.3, -0.25) is 0 Å². The third-order valence-electron chi connectivity index (χ3n) is 2.12. The quantitative estimate of drug-likeness (QED) is 0.423. The first-order valence-electron chi connectivity index (χ1n) is 3.99. The van der Waals surface area contributed by atoms with E-state index in [2.05, 4.69) is 6.08 Å². The highest BCUT2D eigenvalue weighted by molar-refractivity contribution is 5.58. The Kier molecular flexibility index (Phi) is 2.67. The second-order valence-corrected chi connectivity index (χ2v) is 2.95. The molecule has 0 bridgehead atoms. The van der Waals surface area contributed by atoms with E-state index in [1.807, 2.05) is 6.92 Å². The van der Waals surface area contributed by atoms with Gasteiger partial charge in [0.2, 0.25) is 0 Å². The molecule has 1 heteroatoms. The molecule has 1 atom stereocenters. The van der Waals surface area contributed by atoms with Crippen molar-refractivity contribution in [3.63, 3.8) is 0 Å². The summed E-state index contributed by atoms with van der Waals surface area (Å²) in [6, 6.07) is 0. The number of allylic oxidation sites excluding steroid dienone is 2. The van der Waals surface area contributed by atoms with Crippen molar-refractivity contribution in [2.24, 2.45) is 5.92 Å². The highest BCUT2D eigenvalue weighted by Gasteiger charge is 2.09. The van der Waals surface area contributed by atoms with E-state index in [1.54, 1.807) is 0 Å². The van der Waals surface area contributed by atoms with Crippen molar-refractivity contribution in [1.82, 2.24) is 0 Å². The zero-order chi connectivity index (χ0) is 7.40. The van der Waals surface area contributed by atoms with Gasteiger partial charge in [-0.2, -0.15) is 0 Å². The summed E-state index contributed by atoms with van der Waals surface area (Å²) in [5.74, 6) is 0.167. The Morgan fingerprint density at radius 1 is 1.60 bits per heavy atom. The molecule has 1 aliphatic rings. The lowest BCUT2D eigenvalue weighted by molar-refractivity contribution is -0.109. The molecule has 0 aromatic rings. The fraction of sp³-hybridized carbons (Fsp3) is 0.667. The summed E-state index contributed by atoms with van der Waals surface area (Å²) in [6.07, 6.45) is 8.15. The van der Waals surface area contributed by atoms with Crippen molar-refractivity contribution >= 4 is 6.29 Å². The second kappa shape index (κ2) is 3.55. The van der Waals surface area contributed by atoms with Gasteiger partial charge >= 0.3 is 0 Å². The molecule has 0 aromatic carbocycles. The van der Waals surface area contributed by atoms with Crippen molar-refractivity contribution in [3.05, 3.63) is 11.6 Å². The minimum absolute atomic E-state index is 0.167. The first kappa shape index (κ1) is 7.52. The third-order valence-corrected chi connectivity index (χ3v) is 2.12. The van der Waals surface area contributed by atoms with Crippen LogP contribution in [0.5, 0.6) is 0 Å². The van der Waals surface area contributed by atoms with Gasteiger partial charge < -0.3 is 4.79 Å². The minimum atomic E-state index is 0.167. The lowest BCUT2D eigenvalue weighted by Crippen LogP contribution is -2.03. The molecule has 1 rings (SSSR count). The lowest BCUT2D eigenvalue weighted by Gasteiger charge is -2.14. The molecule has 1 aliphatic carbocycles. The Balaban J connectivity index is 2.52. The SMILES string of the molecule is C[C@H](C=O)C1=CCCCC1. The Morgan fingerprint density at radius 3 is 2.90 bits per heavy atom. The summed E-state index contributed by atoms with van der Waals surface area (Å²) in [6.45, 7) is 1.98. The van der Waals surface area contributed by atoms with Gasteiger partial charge in [0.15, 0.2) is 0 Å². The third kappa shape index (κ3) is 1.69. The topological polar surface area (TPSA) is 17.1 Å². The van der Waals surface area contributed by atoms with Crippen molar-refractivity contribution in [3.8, 4) is 0 Å². The maximum Gasteiger partial charge on any atom is 0.126 e. The summed E-state index contributed by atoms with van der Waals surface area (Å²) in [5, 5.41) is 0. The number of carbonyl (C=O) groups excluding carboxylic acids is 1. The zero-order valence-electron chi connectivity index (χ0n) is 6.47. The van der Waals surface area contributed by atoms with E-state index >= 15 is 0 Å². The fourth-order valence-corrected chi connectivity index (χ4v) is 1.36. The Morgan fingerprint density at radius 2 is 2.40 bits per heavy atom. The van der Waals surface area contributed by atoms with Crippen LogP contribution in [0, 0.1) is 5.92 Å². The van der Waals surface area contributed by atoms with Crippen LogP contribution in [0.1, 0.15) is 32.6 Å². The standard InChI is InChI=1S/C9H14O/c1-8(7-10)9-5-3-2-4-6-9/h5,7-8H,2-4,6H2,1H3/t8-/m1/s1. The van der Waals surface area contributed by atoms with E-state index in [4.69, 9.17) is 0 Å². The summed E-state index contributed by atoms with van der Waals surface area (Å²) < 4.78 is 0. The molecule has 10 heavy (non-hydrogen) atoms. The van der Waals surface area contributed by atoms with Crippen molar-refractivity contribution < 1.29 is 4.79 Å². The van der Waals surface area contributed by atoms with E-state index in [0.29, 0.717) is 0 Å². The molecule has 0 fully saturated rings. The molecule has 0 amide bonds. The molecule has 0 saturated carbocycles. The Hall–Kier alpha value is -0.590. The molecule has 0 unspecified atom stereocenters. The van der Waals surface area contributed by atoms with Crippen LogP contribution in [0.3, 0.4) is 0 Å². The molecule has 0 radical (unpaired) electrons. The number of carbonyl (C=O) groups is 1. The maximum absolute atomic E-state index is 10.4. The van der Waals surface area contributed by atoms with Gasteiger partial charge in [-0.1, -0.05) is 18.6 Å². The number of hydrogen-bond acceptors (Lipinski definition) is 1. The molecule has 0 aliphatic heterocycles. The largest absolute Gasteiger partial charge is 0.303 e. The molecule has 0 saturated heterocycles. The Bertz CT molecular complexity index is 147. The first-order chi connectivity index (χ1) is 4.84. The van der Waals surface area contributed by atoms with Crippen LogP contribution in [-0.2, 0) is 4.79 Å². The number of aldehydes is 1. The molecule has 1 nitrogen and oxygen atoms in total. The fourth-order valence-electron chi connectivity index (χ4n) is 1.36. The molecule has 0 spiro atoms. The molecule has 0 heterocycles. The lowest BCUT2D eigenvalue weighted by atomic mass is 9.91. The van der Waals surface area contributed by atoms with Crippen LogP contribution in [0.2, 0.25) is 0 Å². The summed E-state index contributed by atoms with van der Waals surface area (Å²) in [5.41, 5.74) is 1.35. The maximum atomic E-state index is 10.4. The van der Waals surface area contributed by atoms with Crippen molar-refractivity contribution in [2.75, 3.05) is 0 Å². The molecular formula is C9H14O. The minimum Gasteiger partial charge on any atom is -0.303 e. The molecular weight excluding hydrogens is 124 g/mol. The van der Waals surface area contributed by atoms with Crippen LogP contribution in [0.25, 0.3) is 0 Å². The normalized spacial score (nSPS) is 21.5. The van der Waals surface area contributed by atoms with Crippen LogP contribution < -0.4 is 0 Å². The Labute approximate surface area is 62.1 Å². The highest BCUT2D eigenvalue weighted by atomic mass is 16.1. The summed E-state index contributed by atoms with van der Waals surface area (Å²) >= 11 is 0. The van der Waals surface area contributed by atoms with E-state index < -0.39 is 0 Å². The number of rotatable bonds is 2. The number of hydrogen-bond donors (Lipinski definition) is 0. The van der Waals surface area contributed by atoms with Gasteiger partial charge in [0, 0.05) is 5.92 Å². The van der Waals surface area contributed by atoms with Crippen LogP contribution in [0.15, 0.2) is 11.6 Å².